The van der Waals surface area contributed by atoms with Crippen LogP contribution in [0.2, 0.25) is 0 Å². The number of unbranched alkanes of at least 4 members (excludes halogenated alkanes) is 4. The van der Waals surface area contributed by atoms with E-state index in [1.807, 2.05) is 36.4 Å². The summed E-state index contributed by atoms with van der Waals surface area (Å²) in [7, 11) is 0. The van der Waals surface area contributed by atoms with Gasteiger partial charge in [-0.3, -0.25) is 0 Å². The minimum Gasteiger partial charge on any atom is -0.494 e. The van der Waals surface area contributed by atoms with Crippen molar-refractivity contribution in [2.45, 2.75) is 102 Å². The smallest absolute Gasteiger partial charge is 0.119 e. The molecular formula is C112H100N2O2. The number of hydrogen-bond acceptors (Lipinski definition) is 4. The summed E-state index contributed by atoms with van der Waals surface area (Å²) < 4.78 is 12.8. The molecule has 17 rings (SSSR count). The van der Waals surface area contributed by atoms with Gasteiger partial charge in [-0.2, -0.15) is 0 Å². The molecule has 0 aliphatic heterocycles. The molecule has 4 heteroatoms. The molecule has 0 N–H and O–H groups in total. The number of benzene rings is 15. The van der Waals surface area contributed by atoms with Crippen LogP contribution in [0.15, 0.2) is 377 Å². The molecule has 0 saturated heterocycles. The lowest BCUT2D eigenvalue weighted by molar-refractivity contribution is 0.301. The Bertz CT molecular complexity index is 5500. The van der Waals surface area contributed by atoms with Crippen LogP contribution >= 0.6 is 0 Å². The Kier molecular flexibility index (Phi) is 22.7. The first-order chi connectivity index (χ1) is 57.3. The summed E-state index contributed by atoms with van der Waals surface area (Å²) in [4.78, 5) is 4.96. The van der Waals surface area contributed by atoms with Gasteiger partial charge in [-0.1, -0.05) is 319 Å². The van der Waals surface area contributed by atoms with Gasteiger partial charge in [-0.05, 0) is 284 Å². The molecule has 0 aromatic heterocycles. The number of fused-ring (bicyclic) bond motifs is 6. The summed E-state index contributed by atoms with van der Waals surface area (Å²) in [6, 6.07) is 136. The summed E-state index contributed by atoms with van der Waals surface area (Å²) in [5, 5.41) is 0. The quantitative estimate of drug-likeness (QED) is 0.0392. The van der Waals surface area contributed by atoms with Crippen molar-refractivity contribution in [1.29, 1.82) is 0 Å². The van der Waals surface area contributed by atoms with E-state index in [0.717, 1.165) is 134 Å². The molecule has 15 aromatic rings. The fourth-order valence-corrected chi connectivity index (χ4v) is 18.4. The fraction of sp³-hybridized carbons (Fsp3) is 0.161. The third-order valence-electron chi connectivity index (χ3n) is 24.3. The predicted molar refractivity (Wildman–Crippen MR) is 490 cm³/mol. The van der Waals surface area contributed by atoms with Crippen molar-refractivity contribution >= 4 is 46.3 Å². The van der Waals surface area contributed by atoms with E-state index in [2.05, 4.69) is 377 Å². The Balaban J connectivity index is 0.726. The van der Waals surface area contributed by atoms with E-state index in [4.69, 9.17) is 9.47 Å². The molecule has 0 saturated carbocycles. The molecule has 2 aliphatic carbocycles. The second-order valence-corrected chi connectivity index (χ2v) is 31.2. The normalized spacial score (nSPS) is 14.2. The SMILES string of the molecule is C=Cc1ccc(OCCCCC2(c3ccccc3)c3ccccc3-c3ccc(N(c4ccc(-c5ccccc5)cc4)c4ccc(-c5cc(CCCC)c(-c6ccc(N(c7ccc(-c8ccccc8)cc7)c7ccc8c(c7)C(CCCCOc7ccc(C=C)cc7)(c7ccccc7)c7ccccc7-8)cc6)cc5CCCC)cc4)cc32)cc1. The van der Waals surface area contributed by atoms with Crippen LogP contribution in [0.5, 0.6) is 11.5 Å². The molecule has 0 fully saturated rings. The van der Waals surface area contributed by atoms with E-state index in [-0.39, 0.29) is 0 Å². The summed E-state index contributed by atoms with van der Waals surface area (Å²) in [5.41, 5.74) is 33.8. The summed E-state index contributed by atoms with van der Waals surface area (Å²) in [6.45, 7) is 13.8. The van der Waals surface area contributed by atoms with E-state index in [9.17, 15) is 0 Å². The number of nitrogens with zero attached hydrogens (tertiary/aromatic N) is 2. The highest BCUT2D eigenvalue weighted by Crippen LogP contribution is 2.59. The molecule has 0 spiro atoms. The number of hydrogen-bond donors (Lipinski definition) is 0. The standard InChI is InChI=1S/C112H100N2O2/c1-5-9-31-89-77-106(88-55-63-96(64-56-88)114(94-59-51-86(52-60-94)84-35-17-12-18-36-84)98-66-72-104-102-42-24-26-44-108(102)112(110(104)80-98,92-39-21-14-22-40-92)74-28-30-76-116-100-69-47-82(8-4)48-70-100)90(32-10-6-2)78-105(89)87-53-61-95(62-54-87)113(93-57-49-85(50-58-93)83-33-15-11-16-34-83)97-65-71-103-101-41-23-25-43-107(101)111(109(103)79-97,91-37-19-13-20-38-91)73-27-29-75-115-99-67-45-81(7-3)46-68-99/h7-8,11-26,33-72,77-80H,3-6,9-10,27-32,73-76H2,1-2H3. The predicted octanol–water partition coefficient (Wildman–Crippen LogP) is 30.4. The summed E-state index contributed by atoms with van der Waals surface area (Å²) >= 11 is 0. The van der Waals surface area contributed by atoms with Gasteiger partial charge in [0.15, 0.2) is 0 Å². The maximum atomic E-state index is 6.39. The van der Waals surface area contributed by atoms with Crippen LogP contribution in [0.25, 0.3) is 78.9 Å². The largest absolute Gasteiger partial charge is 0.494 e. The van der Waals surface area contributed by atoms with Gasteiger partial charge in [0.1, 0.15) is 11.5 Å². The van der Waals surface area contributed by atoms with Crippen LogP contribution < -0.4 is 19.3 Å². The molecule has 570 valence electrons. The fourth-order valence-electron chi connectivity index (χ4n) is 18.4. The van der Waals surface area contributed by atoms with E-state index in [1.165, 1.54) is 111 Å². The number of anilines is 6. The lowest BCUT2D eigenvalue weighted by Gasteiger charge is -2.34. The first kappa shape index (κ1) is 75.7. The Morgan fingerprint density at radius 1 is 0.267 bits per heavy atom. The molecule has 0 bridgehead atoms. The Morgan fingerprint density at radius 3 is 0.931 bits per heavy atom. The van der Waals surface area contributed by atoms with Crippen molar-refractivity contribution in [3.63, 3.8) is 0 Å². The topological polar surface area (TPSA) is 24.9 Å². The zero-order chi connectivity index (χ0) is 78.6. The van der Waals surface area contributed by atoms with Crippen LogP contribution in [-0.2, 0) is 23.7 Å². The van der Waals surface area contributed by atoms with Gasteiger partial charge in [0.25, 0.3) is 0 Å². The van der Waals surface area contributed by atoms with Crippen LogP contribution in [-0.4, -0.2) is 13.2 Å². The molecule has 2 atom stereocenters. The number of rotatable bonds is 32. The van der Waals surface area contributed by atoms with Gasteiger partial charge < -0.3 is 19.3 Å². The van der Waals surface area contributed by atoms with Gasteiger partial charge in [-0.15, -0.1) is 0 Å². The van der Waals surface area contributed by atoms with E-state index in [0.29, 0.717) is 13.2 Å². The van der Waals surface area contributed by atoms with Crippen molar-refractivity contribution in [2.24, 2.45) is 0 Å². The maximum Gasteiger partial charge on any atom is 0.119 e. The highest BCUT2D eigenvalue weighted by Gasteiger charge is 2.46. The molecule has 2 unspecified atom stereocenters. The second kappa shape index (κ2) is 34.8. The zero-order valence-electron chi connectivity index (χ0n) is 66.8. The zero-order valence-corrected chi connectivity index (χ0v) is 66.8. The molecule has 116 heavy (non-hydrogen) atoms. The van der Waals surface area contributed by atoms with E-state index < -0.39 is 10.8 Å². The first-order valence-corrected chi connectivity index (χ1v) is 41.9. The van der Waals surface area contributed by atoms with Gasteiger partial charge in [0, 0.05) is 45.0 Å². The average molecular weight is 1510 g/mol. The lowest BCUT2D eigenvalue weighted by atomic mass is 9.69. The van der Waals surface area contributed by atoms with E-state index >= 15 is 0 Å². The van der Waals surface area contributed by atoms with Gasteiger partial charge in [0.2, 0.25) is 0 Å². The molecule has 4 nitrogen and oxygen atoms in total. The molecule has 2 aliphatic rings. The Hall–Kier alpha value is -13.0. The number of ether oxygens (including phenoxy) is 2. The minimum absolute atomic E-state index is 0.400. The molecule has 0 amide bonds. The first-order valence-electron chi connectivity index (χ1n) is 41.9. The third-order valence-corrected chi connectivity index (χ3v) is 24.3. The van der Waals surface area contributed by atoms with Gasteiger partial charge in [0.05, 0.1) is 13.2 Å². The maximum absolute atomic E-state index is 6.39. The summed E-state index contributed by atoms with van der Waals surface area (Å²) in [5.74, 6) is 1.77. The Labute approximate surface area is 687 Å². The van der Waals surface area contributed by atoms with Gasteiger partial charge >= 0.3 is 0 Å². The van der Waals surface area contributed by atoms with Gasteiger partial charge in [-0.25, -0.2) is 0 Å². The third kappa shape index (κ3) is 15.3. The molecule has 15 aromatic carbocycles. The van der Waals surface area contributed by atoms with Crippen LogP contribution in [0.1, 0.15) is 134 Å². The minimum atomic E-state index is -0.400. The van der Waals surface area contributed by atoms with Crippen LogP contribution in [0, 0.1) is 0 Å². The van der Waals surface area contributed by atoms with Crippen LogP contribution in [0.3, 0.4) is 0 Å². The summed E-state index contributed by atoms with van der Waals surface area (Å²) in [6.07, 6.45) is 15.7. The van der Waals surface area contributed by atoms with Crippen molar-refractivity contribution in [2.75, 3.05) is 23.0 Å². The monoisotopic (exact) mass is 1500 g/mol. The lowest BCUT2D eigenvalue weighted by Crippen LogP contribution is -2.27. The highest BCUT2D eigenvalue weighted by molar-refractivity contribution is 5.91. The number of aryl methyl sites for hydroxylation is 2. The molecular weight excluding hydrogens is 1410 g/mol. The molecule has 0 radical (unpaired) electrons. The van der Waals surface area contributed by atoms with Crippen molar-refractivity contribution < 1.29 is 9.47 Å². The Morgan fingerprint density at radius 2 is 0.578 bits per heavy atom. The highest BCUT2D eigenvalue weighted by atomic mass is 16.5. The van der Waals surface area contributed by atoms with Crippen LogP contribution in [0.4, 0.5) is 34.1 Å². The molecule has 0 heterocycles. The second-order valence-electron chi connectivity index (χ2n) is 31.2. The van der Waals surface area contributed by atoms with Crippen molar-refractivity contribution in [3.05, 3.63) is 433 Å². The van der Waals surface area contributed by atoms with Crippen molar-refractivity contribution in [1.82, 2.24) is 0 Å². The van der Waals surface area contributed by atoms with E-state index in [1.54, 1.807) is 0 Å². The average Bonchev–Trinajstić information content (AvgIpc) is 1.56. The van der Waals surface area contributed by atoms with Crippen molar-refractivity contribution in [3.8, 4) is 78.3 Å².